The molecule has 0 amide bonds. The summed E-state index contributed by atoms with van der Waals surface area (Å²) in [5.74, 6) is -0.651. The molecule has 4 heteroatoms. The van der Waals surface area contributed by atoms with Gasteiger partial charge in [0.25, 0.3) is 0 Å². The summed E-state index contributed by atoms with van der Waals surface area (Å²) in [6.45, 7) is 0. The summed E-state index contributed by atoms with van der Waals surface area (Å²) in [4.78, 5) is 25.3. The average Bonchev–Trinajstić information content (AvgIpc) is 2.78. The lowest BCUT2D eigenvalue weighted by molar-refractivity contribution is 0.0815. The third-order valence-corrected chi connectivity index (χ3v) is 5.43. The fourth-order valence-electron chi connectivity index (χ4n) is 3.84. The van der Waals surface area contributed by atoms with Gasteiger partial charge >= 0.3 is 0 Å². The first-order valence-corrected chi connectivity index (χ1v) is 9.47. The molecule has 0 spiro atoms. The number of carbonyl (C=O) groups excluding carboxylic acids is 2. The van der Waals surface area contributed by atoms with Crippen molar-refractivity contribution in [3.05, 3.63) is 96.1 Å². The first-order valence-electron chi connectivity index (χ1n) is 9.47. The second-order valence-electron chi connectivity index (χ2n) is 7.27. The van der Waals surface area contributed by atoms with E-state index < -0.39 is 11.6 Å². The van der Waals surface area contributed by atoms with Crippen LogP contribution in [0.15, 0.2) is 84.9 Å². The molecule has 30 heavy (non-hydrogen) atoms. The van der Waals surface area contributed by atoms with E-state index in [1.165, 1.54) is 0 Å². The maximum atomic E-state index is 12.7. The summed E-state index contributed by atoms with van der Waals surface area (Å²) in [7, 11) is 0. The van der Waals surface area contributed by atoms with Crippen LogP contribution in [0.2, 0.25) is 0 Å². The number of rotatable bonds is 2. The third kappa shape index (κ3) is 2.86. The number of phenols is 2. The molecule has 2 N–H and O–H groups in total. The Morgan fingerprint density at radius 1 is 0.400 bits per heavy atom. The van der Waals surface area contributed by atoms with Crippen molar-refractivity contribution < 1.29 is 19.8 Å². The summed E-state index contributed by atoms with van der Waals surface area (Å²) in [6, 6.07) is 24.5. The molecule has 0 saturated carbocycles. The van der Waals surface area contributed by atoms with Crippen LogP contribution in [0.25, 0.3) is 33.4 Å². The molecular weight excluding hydrogens is 376 g/mol. The zero-order valence-electron chi connectivity index (χ0n) is 15.8. The molecule has 1 aliphatic carbocycles. The highest BCUT2D eigenvalue weighted by Gasteiger charge is 2.30. The molecule has 0 aliphatic heterocycles. The number of hydrogen-bond acceptors (Lipinski definition) is 4. The number of fused-ring (bicyclic) bond motifs is 3. The molecule has 0 bridgehead atoms. The molecule has 0 unspecified atom stereocenters. The highest BCUT2D eigenvalue weighted by atomic mass is 16.3. The molecule has 4 aromatic rings. The van der Waals surface area contributed by atoms with Crippen LogP contribution in [0.1, 0.15) is 20.7 Å². The van der Waals surface area contributed by atoms with Gasteiger partial charge in [0.1, 0.15) is 11.5 Å². The number of carbonyl (C=O) groups is 2. The van der Waals surface area contributed by atoms with Crippen LogP contribution < -0.4 is 0 Å². The van der Waals surface area contributed by atoms with Gasteiger partial charge < -0.3 is 10.2 Å². The van der Waals surface area contributed by atoms with Crippen molar-refractivity contribution in [1.82, 2.24) is 0 Å². The van der Waals surface area contributed by atoms with Gasteiger partial charge in [-0.2, -0.15) is 0 Å². The normalized spacial score (nSPS) is 12.4. The quantitative estimate of drug-likeness (QED) is 0.443. The molecule has 0 aromatic heterocycles. The second kappa shape index (κ2) is 6.71. The van der Waals surface area contributed by atoms with E-state index in [0.29, 0.717) is 22.3 Å². The fraction of sp³-hybridized carbons (Fsp3) is 0. The molecule has 0 heterocycles. The van der Waals surface area contributed by atoms with Crippen molar-refractivity contribution >= 4 is 11.6 Å². The standard InChI is InChI=1S/C26H16O4/c27-19-7-1-15(2-8-19)17-5-11-21-23(13-17)24-14-18(16-3-9-20(28)10-4-16)6-12-22(24)26(30)25(21)29/h1-14,27-28H. The first-order chi connectivity index (χ1) is 14.5. The minimum absolute atomic E-state index is 0.182. The second-order valence-corrected chi connectivity index (χ2v) is 7.27. The van der Waals surface area contributed by atoms with E-state index in [9.17, 15) is 19.8 Å². The van der Waals surface area contributed by atoms with Crippen molar-refractivity contribution in [2.24, 2.45) is 0 Å². The van der Waals surface area contributed by atoms with Gasteiger partial charge in [-0.3, -0.25) is 9.59 Å². The van der Waals surface area contributed by atoms with Crippen molar-refractivity contribution in [2.45, 2.75) is 0 Å². The third-order valence-electron chi connectivity index (χ3n) is 5.43. The predicted molar refractivity (Wildman–Crippen MR) is 115 cm³/mol. The summed E-state index contributed by atoms with van der Waals surface area (Å²) in [5, 5.41) is 19.1. The molecule has 0 atom stereocenters. The maximum Gasteiger partial charge on any atom is 0.234 e. The van der Waals surface area contributed by atoms with E-state index in [4.69, 9.17) is 0 Å². The number of phenolic OH excluding ortho intramolecular Hbond substituents is 2. The lowest BCUT2D eigenvalue weighted by Gasteiger charge is -2.20. The van der Waals surface area contributed by atoms with E-state index in [1.807, 2.05) is 24.3 Å². The Morgan fingerprint density at radius 2 is 0.733 bits per heavy atom. The van der Waals surface area contributed by atoms with Gasteiger partial charge in [0, 0.05) is 11.1 Å². The molecule has 4 nitrogen and oxygen atoms in total. The van der Waals surface area contributed by atoms with Crippen LogP contribution >= 0.6 is 0 Å². The summed E-state index contributed by atoms with van der Waals surface area (Å²) in [6.07, 6.45) is 0. The fourth-order valence-corrected chi connectivity index (χ4v) is 3.84. The Labute approximate surface area is 172 Å². The first kappa shape index (κ1) is 17.9. The van der Waals surface area contributed by atoms with E-state index in [2.05, 4.69) is 0 Å². The number of hydrogen-bond donors (Lipinski definition) is 2. The zero-order valence-corrected chi connectivity index (χ0v) is 15.8. The van der Waals surface area contributed by atoms with Crippen LogP contribution in [0, 0.1) is 0 Å². The van der Waals surface area contributed by atoms with Crippen molar-refractivity contribution in [3.63, 3.8) is 0 Å². The lowest BCUT2D eigenvalue weighted by atomic mass is 9.81. The average molecular weight is 392 g/mol. The van der Waals surface area contributed by atoms with Crippen LogP contribution in [-0.2, 0) is 0 Å². The van der Waals surface area contributed by atoms with E-state index >= 15 is 0 Å². The van der Waals surface area contributed by atoms with Crippen LogP contribution in [-0.4, -0.2) is 21.8 Å². The highest BCUT2D eigenvalue weighted by molar-refractivity contribution is 6.53. The van der Waals surface area contributed by atoms with Crippen molar-refractivity contribution in [3.8, 4) is 44.9 Å². The Bertz CT molecular complexity index is 1210. The Hall–Kier alpha value is -4.18. The monoisotopic (exact) mass is 392 g/mol. The van der Waals surface area contributed by atoms with Crippen LogP contribution in [0.5, 0.6) is 11.5 Å². The van der Waals surface area contributed by atoms with Crippen LogP contribution in [0.4, 0.5) is 0 Å². The van der Waals surface area contributed by atoms with Gasteiger partial charge in [-0.25, -0.2) is 0 Å². The molecule has 0 fully saturated rings. The van der Waals surface area contributed by atoms with Gasteiger partial charge in [0.2, 0.25) is 11.6 Å². The number of Topliss-reactive ketones (excluding diaryl/α,β-unsaturated/α-hetero) is 2. The smallest absolute Gasteiger partial charge is 0.234 e. The predicted octanol–water partition coefficient (Wildman–Crippen LogP) is 5.48. The molecule has 4 aromatic carbocycles. The van der Waals surface area contributed by atoms with E-state index in [-0.39, 0.29) is 11.5 Å². The van der Waals surface area contributed by atoms with Gasteiger partial charge in [-0.05, 0) is 81.9 Å². The maximum absolute atomic E-state index is 12.7. The van der Waals surface area contributed by atoms with Gasteiger partial charge in [0.05, 0.1) is 0 Å². The Morgan fingerprint density at radius 3 is 1.10 bits per heavy atom. The lowest BCUT2D eigenvalue weighted by Crippen LogP contribution is -2.21. The molecule has 0 radical (unpaired) electrons. The SMILES string of the molecule is O=C1C(=O)c2ccc(-c3ccc(O)cc3)cc2-c2cc(-c3ccc(O)cc3)ccc21. The Balaban J connectivity index is 1.70. The topological polar surface area (TPSA) is 74.6 Å². The zero-order chi connectivity index (χ0) is 20.8. The Kier molecular flexibility index (Phi) is 4.00. The molecule has 0 saturated heterocycles. The number of aromatic hydroxyl groups is 2. The summed E-state index contributed by atoms with van der Waals surface area (Å²) >= 11 is 0. The van der Waals surface area contributed by atoms with E-state index in [1.54, 1.807) is 60.7 Å². The number of ketones is 2. The molecule has 5 rings (SSSR count). The highest BCUT2D eigenvalue weighted by Crippen LogP contribution is 2.39. The minimum atomic E-state index is -0.507. The van der Waals surface area contributed by atoms with Crippen molar-refractivity contribution in [1.29, 1.82) is 0 Å². The molecule has 144 valence electrons. The van der Waals surface area contributed by atoms with Crippen LogP contribution in [0.3, 0.4) is 0 Å². The molecule has 1 aliphatic rings. The van der Waals surface area contributed by atoms with E-state index in [0.717, 1.165) is 22.3 Å². The number of benzene rings is 4. The van der Waals surface area contributed by atoms with Gasteiger partial charge in [-0.1, -0.05) is 36.4 Å². The largest absolute Gasteiger partial charge is 0.508 e. The minimum Gasteiger partial charge on any atom is -0.508 e. The van der Waals surface area contributed by atoms with Gasteiger partial charge in [0.15, 0.2) is 0 Å². The van der Waals surface area contributed by atoms with Gasteiger partial charge in [-0.15, -0.1) is 0 Å². The van der Waals surface area contributed by atoms with Crippen molar-refractivity contribution in [2.75, 3.05) is 0 Å². The summed E-state index contributed by atoms with van der Waals surface area (Å²) in [5.41, 5.74) is 5.76. The molecular formula is C26H16O4. The summed E-state index contributed by atoms with van der Waals surface area (Å²) < 4.78 is 0.